The first-order chi connectivity index (χ1) is 14.0. The Hall–Kier alpha value is -3.06. The molecule has 0 saturated carbocycles. The lowest BCUT2D eigenvalue weighted by molar-refractivity contribution is -0.137. The zero-order chi connectivity index (χ0) is 20.8. The van der Waals surface area contributed by atoms with Gasteiger partial charge in [-0.05, 0) is 35.2 Å². The second-order valence-electron chi connectivity index (χ2n) is 6.84. The van der Waals surface area contributed by atoms with Gasteiger partial charge in [0, 0.05) is 0 Å². The normalized spacial score (nSPS) is 16.4. The number of amides is 1. The molecule has 154 valence electrons. The van der Waals surface area contributed by atoms with Gasteiger partial charge >= 0.3 is 5.97 Å². The molecule has 0 spiro atoms. The van der Waals surface area contributed by atoms with Crippen molar-refractivity contribution in [1.82, 2.24) is 5.32 Å². The molecule has 0 bridgehead atoms. The molecule has 0 fully saturated rings. The third kappa shape index (κ3) is 5.06. The summed E-state index contributed by atoms with van der Waals surface area (Å²) in [6, 6.07) is 12.3. The lowest BCUT2D eigenvalue weighted by Gasteiger charge is -2.26. The van der Waals surface area contributed by atoms with Crippen molar-refractivity contribution in [3.05, 3.63) is 59.2 Å². The van der Waals surface area contributed by atoms with Crippen molar-refractivity contribution < 1.29 is 28.9 Å². The van der Waals surface area contributed by atoms with Crippen LogP contribution in [0.3, 0.4) is 0 Å². The zero-order valence-electron chi connectivity index (χ0n) is 16.5. The topological polar surface area (TPSA) is 94.1 Å². The van der Waals surface area contributed by atoms with Gasteiger partial charge in [0.2, 0.25) is 5.91 Å². The molecule has 1 aliphatic rings. The second kappa shape index (κ2) is 9.43. The van der Waals surface area contributed by atoms with Crippen molar-refractivity contribution in [2.24, 2.45) is 0 Å². The highest BCUT2D eigenvalue weighted by Crippen LogP contribution is 2.32. The molecule has 3 rings (SSSR count). The van der Waals surface area contributed by atoms with Crippen LogP contribution in [0.4, 0.5) is 0 Å². The van der Waals surface area contributed by atoms with Gasteiger partial charge < -0.3 is 24.6 Å². The van der Waals surface area contributed by atoms with E-state index in [1.165, 1.54) is 19.8 Å². The molecule has 0 aromatic heterocycles. The summed E-state index contributed by atoms with van der Waals surface area (Å²) < 4.78 is 16.3. The molecular weight excluding hydrogens is 374 g/mol. The summed E-state index contributed by atoms with van der Waals surface area (Å²) >= 11 is 0. The number of nitrogens with one attached hydrogen (secondary N) is 1. The average Bonchev–Trinajstić information content (AvgIpc) is 2.72. The van der Waals surface area contributed by atoms with Crippen molar-refractivity contribution in [2.45, 2.75) is 31.4 Å². The van der Waals surface area contributed by atoms with Crippen molar-refractivity contribution in [3.63, 3.8) is 0 Å². The number of aliphatic carboxylic acids is 1. The number of carbonyl (C=O) groups is 2. The highest BCUT2D eigenvalue weighted by molar-refractivity contribution is 5.78. The van der Waals surface area contributed by atoms with Crippen LogP contribution in [-0.2, 0) is 20.7 Å². The van der Waals surface area contributed by atoms with E-state index in [-0.39, 0.29) is 24.9 Å². The highest BCUT2D eigenvalue weighted by Gasteiger charge is 2.26. The van der Waals surface area contributed by atoms with Crippen LogP contribution in [0.25, 0.3) is 0 Å². The number of ether oxygens (including phenoxy) is 3. The summed E-state index contributed by atoms with van der Waals surface area (Å²) in [7, 11) is 3.03. The first kappa shape index (κ1) is 20.7. The van der Waals surface area contributed by atoms with Gasteiger partial charge in [0.05, 0.1) is 45.8 Å². The van der Waals surface area contributed by atoms with E-state index in [1.807, 2.05) is 24.3 Å². The Kier molecular flexibility index (Phi) is 6.72. The molecule has 0 aliphatic carbocycles. The quantitative estimate of drug-likeness (QED) is 0.709. The molecule has 1 amide bonds. The number of fused-ring (bicyclic) bond motifs is 1. The maximum atomic E-state index is 12.7. The Morgan fingerprint density at radius 3 is 2.66 bits per heavy atom. The van der Waals surface area contributed by atoms with Crippen LogP contribution >= 0.6 is 0 Å². The summed E-state index contributed by atoms with van der Waals surface area (Å²) in [5, 5.41) is 12.1. The molecule has 1 heterocycles. The van der Waals surface area contributed by atoms with Gasteiger partial charge in [0.15, 0.2) is 11.5 Å². The number of benzene rings is 2. The van der Waals surface area contributed by atoms with E-state index in [9.17, 15) is 14.7 Å². The minimum Gasteiger partial charge on any atom is -0.493 e. The molecule has 2 aromatic carbocycles. The number of carbonyl (C=O) groups excluding carboxylic acids is 1. The summed E-state index contributed by atoms with van der Waals surface area (Å²) in [4.78, 5) is 24.1. The van der Waals surface area contributed by atoms with E-state index in [1.54, 1.807) is 18.2 Å². The van der Waals surface area contributed by atoms with Gasteiger partial charge in [0.1, 0.15) is 0 Å². The molecule has 1 aliphatic heterocycles. The number of hydrogen-bond acceptors (Lipinski definition) is 5. The van der Waals surface area contributed by atoms with E-state index >= 15 is 0 Å². The average molecular weight is 399 g/mol. The van der Waals surface area contributed by atoms with E-state index in [0.717, 1.165) is 12.0 Å². The second-order valence-corrected chi connectivity index (χ2v) is 6.84. The Morgan fingerprint density at radius 1 is 1.17 bits per heavy atom. The van der Waals surface area contributed by atoms with Gasteiger partial charge in [-0.2, -0.15) is 0 Å². The van der Waals surface area contributed by atoms with Gasteiger partial charge in [-0.3, -0.25) is 9.59 Å². The summed E-state index contributed by atoms with van der Waals surface area (Å²) in [6.45, 7) is 0.559. The maximum Gasteiger partial charge on any atom is 0.305 e. The predicted octanol–water partition coefficient (Wildman–Crippen LogP) is 3.04. The van der Waals surface area contributed by atoms with Gasteiger partial charge in [-0.1, -0.05) is 30.3 Å². The molecule has 0 unspecified atom stereocenters. The van der Waals surface area contributed by atoms with Crippen LogP contribution in [0, 0.1) is 0 Å². The molecule has 29 heavy (non-hydrogen) atoms. The highest BCUT2D eigenvalue weighted by atomic mass is 16.5. The van der Waals surface area contributed by atoms with E-state index < -0.39 is 12.0 Å². The SMILES string of the molecule is COc1ccc([C@@H](CC(=O)O)NC(=O)C[C@@H]2OCCc3ccccc32)cc1OC. The van der Waals surface area contributed by atoms with Crippen LogP contribution in [-0.4, -0.2) is 37.8 Å². The summed E-state index contributed by atoms with van der Waals surface area (Å²) in [5.41, 5.74) is 2.82. The Morgan fingerprint density at radius 2 is 1.93 bits per heavy atom. The van der Waals surface area contributed by atoms with E-state index in [2.05, 4.69) is 5.32 Å². The van der Waals surface area contributed by atoms with Gasteiger partial charge in [0.25, 0.3) is 0 Å². The van der Waals surface area contributed by atoms with Crippen LogP contribution in [0.1, 0.15) is 41.7 Å². The fourth-order valence-corrected chi connectivity index (χ4v) is 3.56. The molecule has 2 atom stereocenters. The fourth-order valence-electron chi connectivity index (χ4n) is 3.56. The van der Waals surface area contributed by atoms with Crippen molar-refractivity contribution >= 4 is 11.9 Å². The van der Waals surface area contributed by atoms with Crippen LogP contribution in [0.5, 0.6) is 11.5 Å². The molecular formula is C22H25NO6. The van der Waals surface area contributed by atoms with Crippen molar-refractivity contribution in [1.29, 1.82) is 0 Å². The number of methoxy groups -OCH3 is 2. The van der Waals surface area contributed by atoms with Crippen LogP contribution in [0.2, 0.25) is 0 Å². The summed E-state index contributed by atoms with van der Waals surface area (Å²) in [6.07, 6.45) is 0.363. The number of rotatable bonds is 8. The maximum absolute atomic E-state index is 12.7. The minimum atomic E-state index is -1.01. The monoisotopic (exact) mass is 399 g/mol. The molecule has 0 saturated heterocycles. The van der Waals surface area contributed by atoms with Crippen molar-refractivity contribution in [2.75, 3.05) is 20.8 Å². The predicted molar refractivity (Wildman–Crippen MR) is 106 cm³/mol. The Balaban J connectivity index is 1.76. The zero-order valence-corrected chi connectivity index (χ0v) is 16.5. The number of carboxylic acids is 1. The Labute approximate surface area is 169 Å². The first-order valence-corrected chi connectivity index (χ1v) is 9.44. The van der Waals surface area contributed by atoms with E-state index in [0.29, 0.717) is 23.7 Å². The lowest BCUT2D eigenvalue weighted by Crippen LogP contribution is -2.32. The minimum absolute atomic E-state index is 0.125. The largest absolute Gasteiger partial charge is 0.493 e. The van der Waals surface area contributed by atoms with Crippen LogP contribution in [0.15, 0.2) is 42.5 Å². The van der Waals surface area contributed by atoms with Crippen molar-refractivity contribution in [3.8, 4) is 11.5 Å². The van der Waals surface area contributed by atoms with E-state index in [4.69, 9.17) is 14.2 Å². The van der Waals surface area contributed by atoms with Gasteiger partial charge in [-0.15, -0.1) is 0 Å². The number of hydrogen-bond donors (Lipinski definition) is 2. The molecule has 2 aromatic rings. The molecule has 7 nitrogen and oxygen atoms in total. The smallest absolute Gasteiger partial charge is 0.305 e. The van der Waals surface area contributed by atoms with Crippen LogP contribution < -0.4 is 14.8 Å². The fraction of sp³-hybridized carbons (Fsp3) is 0.364. The third-order valence-electron chi connectivity index (χ3n) is 4.99. The van der Waals surface area contributed by atoms with Gasteiger partial charge in [-0.25, -0.2) is 0 Å². The molecule has 0 radical (unpaired) electrons. The lowest BCUT2D eigenvalue weighted by atomic mass is 9.95. The molecule has 7 heteroatoms. The number of carboxylic acid groups (broad SMARTS) is 1. The summed E-state index contributed by atoms with van der Waals surface area (Å²) in [5.74, 6) is -0.278. The standard InChI is InChI=1S/C22H25NO6/c1-27-18-8-7-15(11-20(18)28-2)17(12-22(25)26)23-21(24)13-19-16-6-4-3-5-14(16)9-10-29-19/h3-8,11,17,19H,9-10,12-13H2,1-2H3,(H,23,24)(H,25,26)/t17-,19+/m1/s1. The molecule has 2 N–H and O–H groups in total. The first-order valence-electron chi connectivity index (χ1n) is 9.44. The third-order valence-corrected chi connectivity index (χ3v) is 4.99. The Bertz CT molecular complexity index is 881.